The van der Waals surface area contributed by atoms with E-state index in [2.05, 4.69) is 15.9 Å². The van der Waals surface area contributed by atoms with E-state index in [0.717, 1.165) is 4.47 Å². The first-order valence-corrected chi connectivity index (χ1v) is 6.50. The molecule has 0 unspecified atom stereocenters. The molecule has 0 fully saturated rings. The third kappa shape index (κ3) is 3.03. The first-order valence-electron chi connectivity index (χ1n) is 5.71. The summed E-state index contributed by atoms with van der Waals surface area (Å²) < 4.78 is 6.27. The number of Topliss-reactive ketones (excluding diaryl/α,β-unsaturated/α-hetero) is 1. The van der Waals surface area contributed by atoms with Gasteiger partial charge in [-0.3, -0.25) is 14.9 Å². The van der Waals surface area contributed by atoms with Gasteiger partial charge < -0.3 is 4.74 Å². The lowest BCUT2D eigenvalue weighted by Crippen LogP contribution is -1.99. The van der Waals surface area contributed by atoms with Gasteiger partial charge in [0.25, 0.3) is 0 Å². The van der Waals surface area contributed by atoms with Crippen LogP contribution in [0.15, 0.2) is 46.9 Å². The monoisotopic (exact) mass is 335 g/mol. The fourth-order valence-corrected chi connectivity index (χ4v) is 2.04. The molecule has 2 rings (SSSR count). The number of para-hydroxylation sites is 2. The van der Waals surface area contributed by atoms with Crippen molar-refractivity contribution in [2.24, 2.45) is 0 Å². The molecule has 0 bridgehead atoms. The lowest BCUT2D eigenvalue weighted by atomic mass is 10.1. The number of carbonyl (C=O) groups is 1. The number of ketones is 1. The molecule has 0 saturated heterocycles. The topological polar surface area (TPSA) is 69.4 Å². The van der Waals surface area contributed by atoms with E-state index in [4.69, 9.17) is 4.74 Å². The van der Waals surface area contributed by atoms with E-state index in [-0.39, 0.29) is 23.0 Å². The van der Waals surface area contributed by atoms with E-state index in [0.29, 0.717) is 5.56 Å². The molecule has 0 atom stereocenters. The SMILES string of the molecule is CC(=O)c1cc(Br)ccc1Oc1ccccc1[N+](=O)[O-]. The van der Waals surface area contributed by atoms with E-state index < -0.39 is 4.92 Å². The zero-order valence-corrected chi connectivity index (χ0v) is 12.1. The number of hydrogen-bond donors (Lipinski definition) is 0. The first-order chi connectivity index (χ1) is 9.49. The highest BCUT2D eigenvalue weighted by molar-refractivity contribution is 9.10. The molecule has 0 spiro atoms. The maximum Gasteiger partial charge on any atom is 0.311 e. The molecule has 0 N–H and O–H groups in total. The van der Waals surface area contributed by atoms with Crippen LogP contribution in [0, 0.1) is 10.1 Å². The Morgan fingerprint density at radius 3 is 2.55 bits per heavy atom. The minimum absolute atomic E-state index is 0.0994. The van der Waals surface area contributed by atoms with Crippen molar-refractivity contribution in [2.75, 3.05) is 0 Å². The highest BCUT2D eigenvalue weighted by Gasteiger charge is 2.17. The smallest absolute Gasteiger partial charge is 0.311 e. The van der Waals surface area contributed by atoms with Crippen LogP contribution in [0.25, 0.3) is 0 Å². The summed E-state index contributed by atoms with van der Waals surface area (Å²) in [5.41, 5.74) is 0.211. The molecule has 0 aliphatic heterocycles. The quantitative estimate of drug-likeness (QED) is 0.473. The number of carbonyl (C=O) groups excluding carboxylic acids is 1. The van der Waals surface area contributed by atoms with Gasteiger partial charge in [0.05, 0.1) is 10.5 Å². The van der Waals surface area contributed by atoms with Crippen molar-refractivity contribution in [2.45, 2.75) is 6.92 Å². The minimum Gasteiger partial charge on any atom is -0.449 e. The van der Waals surface area contributed by atoms with E-state index in [1.54, 1.807) is 30.3 Å². The number of ether oxygens (including phenoxy) is 1. The maximum atomic E-state index is 11.6. The van der Waals surface area contributed by atoms with Gasteiger partial charge >= 0.3 is 5.69 Å². The molecule has 0 aromatic heterocycles. The van der Waals surface area contributed by atoms with Crippen LogP contribution in [-0.2, 0) is 0 Å². The molecule has 0 radical (unpaired) electrons. The molecular weight excluding hydrogens is 326 g/mol. The lowest BCUT2D eigenvalue weighted by molar-refractivity contribution is -0.385. The average Bonchev–Trinajstić information content (AvgIpc) is 2.41. The van der Waals surface area contributed by atoms with Crippen LogP contribution in [0.5, 0.6) is 11.5 Å². The lowest BCUT2D eigenvalue weighted by Gasteiger charge is -2.10. The van der Waals surface area contributed by atoms with Gasteiger partial charge in [-0.2, -0.15) is 0 Å². The van der Waals surface area contributed by atoms with E-state index in [9.17, 15) is 14.9 Å². The van der Waals surface area contributed by atoms with Gasteiger partial charge in [-0.1, -0.05) is 28.1 Å². The van der Waals surface area contributed by atoms with Crippen LogP contribution in [0.3, 0.4) is 0 Å². The van der Waals surface area contributed by atoms with Crippen molar-refractivity contribution >= 4 is 27.4 Å². The summed E-state index contributed by atoms with van der Waals surface area (Å²) in [5.74, 6) is 0.206. The Kier molecular flexibility index (Phi) is 4.14. The van der Waals surface area contributed by atoms with Gasteiger partial charge in [0.2, 0.25) is 5.75 Å². The Hall–Kier alpha value is -2.21. The molecule has 5 nitrogen and oxygen atoms in total. The molecule has 0 saturated carbocycles. The second-order valence-corrected chi connectivity index (χ2v) is 4.94. The van der Waals surface area contributed by atoms with Gasteiger partial charge in [-0.15, -0.1) is 0 Å². The highest BCUT2D eigenvalue weighted by Crippen LogP contribution is 2.33. The summed E-state index contributed by atoms with van der Waals surface area (Å²) in [7, 11) is 0. The third-order valence-corrected chi connectivity index (χ3v) is 3.10. The zero-order valence-electron chi connectivity index (χ0n) is 10.5. The zero-order chi connectivity index (χ0) is 14.7. The van der Waals surface area contributed by atoms with Crippen LogP contribution in [0.2, 0.25) is 0 Å². The van der Waals surface area contributed by atoms with Gasteiger partial charge in [0.1, 0.15) is 5.75 Å². The Morgan fingerprint density at radius 2 is 1.90 bits per heavy atom. The van der Waals surface area contributed by atoms with Crippen molar-refractivity contribution in [3.8, 4) is 11.5 Å². The molecule has 6 heteroatoms. The average molecular weight is 336 g/mol. The summed E-state index contributed by atoms with van der Waals surface area (Å²) in [6, 6.07) is 10.9. The Morgan fingerprint density at radius 1 is 1.20 bits per heavy atom. The summed E-state index contributed by atoms with van der Waals surface area (Å²) in [6.45, 7) is 1.41. The van der Waals surface area contributed by atoms with E-state index >= 15 is 0 Å². The Labute approximate surface area is 123 Å². The summed E-state index contributed by atoms with van der Waals surface area (Å²) in [5, 5.41) is 10.9. The van der Waals surface area contributed by atoms with Crippen molar-refractivity contribution in [1.29, 1.82) is 0 Å². The van der Waals surface area contributed by atoms with Crippen LogP contribution in [0.1, 0.15) is 17.3 Å². The second kappa shape index (κ2) is 5.83. The first kappa shape index (κ1) is 14.2. The predicted molar refractivity (Wildman–Crippen MR) is 77.3 cm³/mol. The molecule has 2 aromatic rings. The molecule has 2 aromatic carbocycles. The van der Waals surface area contributed by atoms with E-state index in [1.165, 1.54) is 19.1 Å². The highest BCUT2D eigenvalue weighted by atomic mass is 79.9. The van der Waals surface area contributed by atoms with Crippen LogP contribution >= 0.6 is 15.9 Å². The van der Waals surface area contributed by atoms with Crippen LogP contribution < -0.4 is 4.74 Å². The largest absolute Gasteiger partial charge is 0.449 e. The molecular formula is C14H10BrNO4. The summed E-state index contributed by atoms with van der Waals surface area (Å²) in [4.78, 5) is 22.0. The normalized spacial score (nSPS) is 10.1. The number of nitro benzene ring substituents is 1. The summed E-state index contributed by atoms with van der Waals surface area (Å²) >= 11 is 3.27. The standard InChI is InChI=1S/C14H10BrNO4/c1-9(17)11-8-10(15)6-7-13(11)20-14-5-3-2-4-12(14)16(18)19/h2-8H,1H3. The fourth-order valence-electron chi connectivity index (χ4n) is 1.68. The molecule has 0 aliphatic rings. The van der Waals surface area contributed by atoms with Gasteiger partial charge in [-0.05, 0) is 31.2 Å². The Bertz CT molecular complexity index is 685. The second-order valence-electron chi connectivity index (χ2n) is 4.02. The molecule has 0 heterocycles. The van der Waals surface area contributed by atoms with E-state index in [1.807, 2.05) is 0 Å². The third-order valence-electron chi connectivity index (χ3n) is 2.60. The predicted octanol–water partition coefficient (Wildman–Crippen LogP) is 4.35. The maximum absolute atomic E-state index is 11.6. The summed E-state index contributed by atoms with van der Waals surface area (Å²) in [6.07, 6.45) is 0. The number of benzene rings is 2. The number of rotatable bonds is 4. The van der Waals surface area contributed by atoms with Gasteiger partial charge in [0.15, 0.2) is 5.78 Å². The molecule has 0 aliphatic carbocycles. The fraction of sp³-hybridized carbons (Fsp3) is 0.0714. The van der Waals surface area contributed by atoms with Gasteiger partial charge in [0, 0.05) is 10.5 Å². The number of hydrogen-bond acceptors (Lipinski definition) is 4. The minimum atomic E-state index is -0.526. The van der Waals surface area contributed by atoms with Crippen molar-refractivity contribution in [1.82, 2.24) is 0 Å². The molecule has 0 amide bonds. The molecule has 20 heavy (non-hydrogen) atoms. The van der Waals surface area contributed by atoms with Crippen molar-refractivity contribution in [3.63, 3.8) is 0 Å². The molecule has 102 valence electrons. The Balaban J connectivity index is 2.45. The van der Waals surface area contributed by atoms with Gasteiger partial charge in [-0.25, -0.2) is 0 Å². The van der Waals surface area contributed by atoms with Crippen molar-refractivity contribution < 1.29 is 14.5 Å². The van der Waals surface area contributed by atoms with Crippen LogP contribution in [0.4, 0.5) is 5.69 Å². The number of halogens is 1. The number of nitrogens with zero attached hydrogens (tertiary/aromatic N) is 1. The van der Waals surface area contributed by atoms with Crippen LogP contribution in [-0.4, -0.2) is 10.7 Å². The van der Waals surface area contributed by atoms with Crippen molar-refractivity contribution in [3.05, 3.63) is 62.6 Å². The number of nitro groups is 1.